The lowest BCUT2D eigenvalue weighted by molar-refractivity contribution is 0.203. The molecule has 2 aliphatic rings. The van der Waals surface area contributed by atoms with Gasteiger partial charge in [-0.25, -0.2) is 4.99 Å². The number of nitrogens with zero attached hydrogens (tertiary/aromatic N) is 3. The molecule has 0 spiro atoms. The standard InChI is InChI=1S/C22H36N4O.HI/c1-3-23-22(26-12-4-5-18(2)16-26)24-15-19-6-8-21(9-7-19)25-13-10-20(17-27)11-14-25;/h6-9,18,20,27H,3-5,10-17H2,1-2H3,(H,23,24);1H. The first-order chi connectivity index (χ1) is 13.2. The lowest BCUT2D eigenvalue weighted by Gasteiger charge is -2.33. The Kier molecular flexibility index (Phi) is 9.85. The van der Waals surface area contributed by atoms with Crippen molar-refractivity contribution in [2.75, 3.05) is 44.2 Å². The number of nitrogens with one attached hydrogen (secondary N) is 1. The number of aliphatic hydroxyl groups is 1. The van der Waals surface area contributed by atoms with Crippen molar-refractivity contribution < 1.29 is 5.11 Å². The number of hydrogen-bond acceptors (Lipinski definition) is 3. The number of benzene rings is 1. The van der Waals surface area contributed by atoms with E-state index in [0.29, 0.717) is 12.5 Å². The minimum absolute atomic E-state index is 0. The van der Waals surface area contributed by atoms with Gasteiger partial charge in [-0.15, -0.1) is 24.0 Å². The fourth-order valence-corrected chi connectivity index (χ4v) is 4.16. The summed E-state index contributed by atoms with van der Waals surface area (Å²) >= 11 is 0. The Bertz CT molecular complexity index is 599. The van der Waals surface area contributed by atoms with E-state index in [1.54, 1.807) is 0 Å². The van der Waals surface area contributed by atoms with Crippen LogP contribution in [0.2, 0.25) is 0 Å². The molecule has 1 unspecified atom stereocenters. The van der Waals surface area contributed by atoms with Crippen LogP contribution < -0.4 is 10.2 Å². The minimum Gasteiger partial charge on any atom is -0.396 e. The van der Waals surface area contributed by atoms with Gasteiger partial charge in [-0.05, 0) is 62.1 Å². The summed E-state index contributed by atoms with van der Waals surface area (Å²) in [6.07, 6.45) is 4.76. The van der Waals surface area contributed by atoms with Crippen molar-refractivity contribution in [3.05, 3.63) is 29.8 Å². The average molecular weight is 500 g/mol. The molecule has 28 heavy (non-hydrogen) atoms. The molecular weight excluding hydrogens is 463 g/mol. The SMILES string of the molecule is CCNC(=NCc1ccc(N2CCC(CO)CC2)cc1)N1CCCC(C)C1.I. The summed E-state index contributed by atoms with van der Waals surface area (Å²) in [7, 11) is 0. The van der Waals surface area contributed by atoms with Crippen molar-refractivity contribution in [2.45, 2.75) is 46.1 Å². The molecule has 1 atom stereocenters. The molecule has 2 aliphatic heterocycles. The highest BCUT2D eigenvalue weighted by molar-refractivity contribution is 14.0. The van der Waals surface area contributed by atoms with Gasteiger partial charge in [-0.1, -0.05) is 19.1 Å². The first kappa shape index (κ1) is 23.3. The van der Waals surface area contributed by atoms with Crippen molar-refractivity contribution in [1.82, 2.24) is 10.2 Å². The van der Waals surface area contributed by atoms with Crippen LogP contribution in [0.1, 0.15) is 45.1 Å². The van der Waals surface area contributed by atoms with Crippen molar-refractivity contribution in [2.24, 2.45) is 16.8 Å². The highest BCUT2D eigenvalue weighted by Gasteiger charge is 2.20. The topological polar surface area (TPSA) is 51.1 Å². The van der Waals surface area contributed by atoms with E-state index in [1.165, 1.54) is 24.1 Å². The summed E-state index contributed by atoms with van der Waals surface area (Å²) in [5.74, 6) is 2.29. The molecule has 0 aliphatic carbocycles. The van der Waals surface area contributed by atoms with Crippen molar-refractivity contribution in [1.29, 1.82) is 0 Å². The van der Waals surface area contributed by atoms with Crippen molar-refractivity contribution in [3.63, 3.8) is 0 Å². The summed E-state index contributed by atoms with van der Waals surface area (Å²) in [6, 6.07) is 8.86. The maximum atomic E-state index is 9.30. The number of aliphatic imine (C=N–C) groups is 1. The molecule has 0 amide bonds. The van der Waals surface area contributed by atoms with Gasteiger partial charge in [0, 0.05) is 45.0 Å². The molecule has 0 radical (unpaired) electrons. The molecule has 5 nitrogen and oxygen atoms in total. The smallest absolute Gasteiger partial charge is 0.194 e. The van der Waals surface area contributed by atoms with Gasteiger partial charge in [-0.2, -0.15) is 0 Å². The molecule has 2 heterocycles. The van der Waals surface area contributed by atoms with Crippen LogP contribution in [0.15, 0.2) is 29.3 Å². The average Bonchev–Trinajstić information content (AvgIpc) is 2.71. The van der Waals surface area contributed by atoms with E-state index in [1.807, 2.05) is 0 Å². The fourth-order valence-electron chi connectivity index (χ4n) is 4.16. The summed E-state index contributed by atoms with van der Waals surface area (Å²) in [5.41, 5.74) is 2.54. The van der Waals surface area contributed by atoms with Gasteiger partial charge < -0.3 is 20.2 Å². The van der Waals surface area contributed by atoms with E-state index in [4.69, 9.17) is 4.99 Å². The van der Waals surface area contributed by atoms with Crippen LogP contribution in [-0.2, 0) is 6.54 Å². The Balaban J connectivity index is 0.00000280. The second-order valence-corrected chi connectivity index (χ2v) is 8.14. The van der Waals surface area contributed by atoms with Gasteiger partial charge in [0.25, 0.3) is 0 Å². The highest BCUT2D eigenvalue weighted by atomic mass is 127. The predicted molar refractivity (Wildman–Crippen MR) is 129 cm³/mol. The summed E-state index contributed by atoms with van der Waals surface area (Å²) < 4.78 is 0. The van der Waals surface area contributed by atoms with E-state index >= 15 is 0 Å². The van der Waals surface area contributed by atoms with Crippen molar-refractivity contribution in [3.8, 4) is 0 Å². The fraction of sp³-hybridized carbons (Fsp3) is 0.682. The number of likely N-dealkylation sites (tertiary alicyclic amines) is 1. The zero-order valence-corrected chi connectivity index (χ0v) is 19.8. The third-order valence-electron chi connectivity index (χ3n) is 5.88. The maximum absolute atomic E-state index is 9.30. The normalized spacial score (nSPS) is 21.4. The molecule has 3 rings (SSSR count). The second-order valence-electron chi connectivity index (χ2n) is 8.14. The Hall–Kier alpha value is -1.02. The van der Waals surface area contributed by atoms with Gasteiger partial charge in [0.1, 0.15) is 0 Å². The maximum Gasteiger partial charge on any atom is 0.194 e. The first-order valence-corrected chi connectivity index (χ1v) is 10.7. The van der Waals surface area contributed by atoms with Crippen LogP contribution in [0, 0.1) is 11.8 Å². The number of halogens is 1. The zero-order chi connectivity index (χ0) is 19.1. The Morgan fingerprint density at radius 2 is 1.86 bits per heavy atom. The third-order valence-corrected chi connectivity index (χ3v) is 5.88. The number of rotatable bonds is 5. The van der Waals surface area contributed by atoms with Gasteiger partial charge in [0.2, 0.25) is 0 Å². The van der Waals surface area contributed by atoms with Crippen LogP contribution in [0.3, 0.4) is 0 Å². The van der Waals surface area contributed by atoms with Crippen LogP contribution in [0.25, 0.3) is 0 Å². The highest BCUT2D eigenvalue weighted by Crippen LogP contribution is 2.23. The molecule has 1 aromatic carbocycles. The van der Waals surface area contributed by atoms with Crippen LogP contribution >= 0.6 is 24.0 Å². The molecule has 2 N–H and O–H groups in total. The number of aliphatic hydroxyl groups excluding tert-OH is 1. The number of guanidine groups is 1. The Labute approximate surface area is 187 Å². The van der Waals surface area contributed by atoms with Gasteiger partial charge in [-0.3, -0.25) is 0 Å². The first-order valence-electron chi connectivity index (χ1n) is 10.7. The van der Waals surface area contributed by atoms with Crippen LogP contribution in [0.4, 0.5) is 5.69 Å². The Morgan fingerprint density at radius 3 is 2.46 bits per heavy atom. The van der Waals surface area contributed by atoms with E-state index in [-0.39, 0.29) is 24.0 Å². The van der Waals surface area contributed by atoms with Gasteiger partial charge in [0.05, 0.1) is 6.54 Å². The molecule has 2 saturated heterocycles. The van der Waals surface area contributed by atoms with E-state index < -0.39 is 0 Å². The number of hydrogen-bond donors (Lipinski definition) is 2. The van der Waals surface area contributed by atoms with Crippen molar-refractivity contribution >= 4 is 35.6 Å². The summed E-state index contributed by atoms with van der Waals surface area (Å²) in [5, 5.41) is 12.8. The monoisotopic (exact) mass is 500 g/mol. The molecule has 2 fully saturated rings. The zero-order valence-electron chi connectivity index (χ0n) is 17.4. The van der Waals surface area contributed by atoms with Crippen LogP contribution in [-0.4, -0.2) is 55.3 Å². The summed E-state index contributed by atoms with van der Waals surface area (Å²) in [4.78, 5) is 9.74. The van der Waals surface area contributed by atoms with E-state index in [9.17, 15) is 5.11 Å². The minimum atomic E-state index is 0. The third kappa shape index (κ3) is 6.51. The number of piperidine rings is 2. The molecule has 158 valence electrons. The van der Waals surface area contributed by atoms with E-state index in [2.05, 4.69) is 53.2 Å². The Morgan fingerprint density at radius 1 is 1.14 bits per heavy atom. The lowest BCUT2D eigenvalue weighted by atomic mass is 9.97. The molecule has 1 aromatic rings. The molecule has 0 saturated carbocycles. The molecule has 0 bridgehead atoms. The van der Waals surface area contributed by atoms with E-state index in [0.717, 1.165) is 64.0 Å². The molecule has 6 heteroatoms. The quantitative estimate of drug-likeness (QED) is 0.368. The summed E-state index contributed by atoms with van der Waals surface area (Å²) in [6.45, 7) is 10.7. The largest absolute Gasteiger partial charge is 0.396 e. The van der Waals surface area contributed by atoms with Crippen LogP contribution in [0.5, 0.6) is 0 Å². The van der Waals surface area contributed by atoms with Gasteiger partial charge >= 0.3 is 0 Å². The van der Waals surface area contributed by atoms with Gasteiger partial charge in [0.15, 0.2) is 5.96 Å². The number of anilines is 1. The second kappa shape index (κ2) is 11.9. The molecule has 0 aromatic heterocycles. The lowest BCUT2D eigenvalue weighted by Crippen LogP contribution is -2.46. The predicted octanol–water partition coefficient (Wildman–Crippen LogP) is 3.71. The molecular formula is C22H37IN4O.